The molecule has 7 heteroatoms. The van der Waals surface area contributed by atoms with Crippen LogP contribution in [-0.2, 0) is 17.1 Å². The number of carbonyl (C=O) groups excluding carboxylic acids is 1. The number of amides is 1. The highest BCUT2D eigenvalue weighted by Gasteiger charge is 2.13. The first kappa shape index (κ1) is 18.5. The molecular formula is C19H16F2N2OS2. The molecular weight excluding hydrogens is 374 g/mol. The molecule has 0 aliphatic heterocycles. The number of aromatic nitrogens is 1. The van der Waals surface area contributed by atoms with Crippen LogP contribution in [0.15, 0.2) is 60.1 Å². The summed E-state index contributed by atoms with van der Waals surface area (Å²) in [5, 5.41) is 0. The van der Waals surface area contributed by atoms with Crippen molar-refractivity contribution in [3.8, 4) is 0 Å². The van der Waals surface area contributed by atoms with E-state index in [9.17, 15) is 13.6 Å². The molecule has 0 radical (unpaired) electrons. The Hall–Kier alpha value is -2.25. The van der Waals surface area contributed by atoms with Crippen molar-refractivity contribution in [2.45, 2.75) is 12.3 Å². The van der Waals surface area contributed by atoms with Crippen LogP contribution < -0.4 is 4.80 Å². The maximum atomic E-state index is 14.2. The molecule has 0 unspecified atom stereocenters. The zero-order chi connectivity index (χ0) is 18.5. The largest absolute Gasteiger partial charge is 0.310 e. The average Bonchev–Trinajstić information content (AvgIpc) is 2.93. The Bertz CT molecular complexity index is 1010. The highest BCUT2D eigenvalue weighted by Crippen LogP contribution is 2.22. The van der Waals surface area contributed by atoms with Crippen LogP contribution in [0.5, 0.6) is 0 Å². The van der Waals surface area contributed by atoms with Crippen molar-refractivity contribution in [2.75, 3.05) is 5.75 Å². The molecule has 0 fully saturated rings. The van der Waals surface area contributed by atoms with E-state index in [4.69, 9.17) is 0 Å². The molecule has 0 bridgehead atoms. The van der Waals surface area contributed by atoms with Crippen molar-refractivity contribution in [3.05, 3.63) is 77.1 Å². The van der Waals surface area contributed by atoms with Crippen LogP contribution in [0.1, 0.15) is 5.56 Å². The Labute approximate surface area is 157 Å². The van der Waals surface area contributed by atoms with E-state index in [0.717, 1.165) is 23.0 Å². The van der Waals surface area contributed by atoms with Crippen molar-refractivity contribution < 1.29 is 13.6 Å². The fraction of sp³-hybridized carbons (Fsp3) is 0.158. The number of halogens is 2. The van der Waals surface area contributed by atoms with Crippen LogP contribution in [0, 0.1) is 11.6 Å². The second-order valence-electron chi connectivity index (χ2n) is 5.50. The molecule has 0 N–H and O–H groups in total. The maximum Gasteiger partial charge on any atom is 0.258 e. The normalized spacial score (nSPS) is 11.8. The molecule has 0 aliphatic rings. The number of nitrogens with zero attached hydrogens (tertiary/aromatic N) is 2. The van der Waals surface area contributed by atoms with Gasteiger partial charge in [0.1, 0.15) is 5.82 Å². The Balaban J connectivity index is 1.83. The Morgan fingerprint density at radius 1 is 1.27 bits per heavy atom. The van der Waals surface area contributed by atoms with Gasteiger partial charge in [0.2, 0.25) is 0 Å². The monoisotopic (exact) mass is 390 g/mol. The first-order chi connectivity index (χ1) is 12.6. The molecule has 134 valence electrons. The van der Waals surface area contributed by atoms with E-state index in [1.165, 1.54) is 17.8 Å². The van der Waals surface area contributed by atoms with Crippen LogP contribution in [0.25, 0.3) is 10.2 Å². The lowest BCUT2D eigenvalue weighted by Gasteiger charge is -2.02. The lowest BCUT2D eigenvalue weighted by molar-refractivity contribution is -0.115. The van der Waals surface area contributed by atoms with Gasteiger partial charge in [-0.2, -0.15) is 4.99 Å². The Kier molecular flexibility index (Phi) is 6.00. The SMILES string of the molecule is C=CCn1c(=NC(=O)CSCc2ccccc2)sc2cc(F)cc(F)c21. The number of fused-ring (bicyclic) bond motifs is 1. The molecule has 3 aromatic rings. The number of allylic oxidation sites excluding steroid dienone is 1. The zero-order valence-electron chi connectivity index (χ0n) is 13.8. The van der Waals surface area contributed by atoms with Gasteiger partial charge in [0.25, 0.3) is 5.91 Å². The first-order valence-corrected chi connectivity index (χ1v) is 9.84. The zero-order valence-corrected chi connectivity index (χ0v) is 15.5. The van der Waals surface area contributed by atoms with E-state index in [1.807, 2.05) is 30.3 Å². The van der Waals surface area contributed by atoms with Gasteiger partial charge in [-0.1, -0.05) is 47.7 Å². The molecule has 0 atom stereocenters. The summed E-state index contributed by atoms with van der Waals surface area (Å²) in [6.07, 6.45) is 1.59. The van der Waals surface area contributed by atoms with E-state index in [2.05, 4.69) is 11.6 Å². The summed E-state index contributed by atoms with van der Waals surface area (Å²) in [5.74, 6) is -0.713. The first-order valence-electron chi connectivity index (χ1n) is 7.87. The standard InChI is InChI=1S/C19H16F2N2OS2/c1-2-8-23-18-15(21)9-14(20)10-16(18)26-19(23)22-17(24)12-25-11-13-6-4-3-5-7-13/h2-7,9-10H,1,8,11-12H2. The number of hydrogen-bond acceptors (Lipinski definition) is 3. The minimum absolute atomic E-state index is 0.216. The third kappa shape index (κ3) is 4.28. The highest BCUT2D eigenvalue weighted by molar-refractivity contribution is 7.99. The van der Waals surface area contributed by atoms with Crippen molar-refractivity contribution in [2.24, 2.45) is 4.99 Å². The molecule has 0 aliphatic carbocycles. The topological polar surface area (TPSA) is 34.4 Å². The summed E-state index contributed by atoms with van der Waals surface area (Å²) in [6.45, 7) is 3.93. The quantitative estimate of drug-likeness (QED) is 0.580. The Morgan fingerprint density at radius 3 is 2.77 bits per heavy atom. The summed E-state index contributed by atoms with van der Waals surface area (Å²) in [7, 11) is 0. The summed E-state index contributed by atoms with van der Waals surface area (Å²) >= 11 is 2.55. The molecule has 3 rings (SSSR count). The van der Waals surface area contributed by atoms with Gasteiger partial charge in [-0.05, 0) is 11.6 Å². The second-order valence-corrected chi connectivity index (χ2v) is 7.50. The van der Waals surface area contributed by atoms with E-state index in [-0.39, 0.29) is 23.7 Å². The van der Waals surface area contributed by atoms with Gasteiger partial charge in [0.05, 0.1) is 16.0 Å². The third-order valence-electron chi connectivity index (χ3n) is 3.56. The number of rotatable bonds is 6. The van der Waals surface area contributed by atoms with Crippen molar-refractivity contribution in [1.82, 2.24) is 4.57 Å². The molecule has 1 heterocycles. The van der Waals surface area contributed by atoms with Crippen LogP contribution in [-0.4, -0.2) is 16.2 Å². The van der Waals surface area contributed by atoms with Crippen LogP contribution in [0.2, 0.25) is 0 Å². The lowest BCUT2D eigenvalue weighted by Crippen LogP contribution is -2.17. The molecule has 2 aromatic carbocycles. The lowest BCUT2D eigenvalue weighted by atomic mass is 10.2. The number of benzene rings is 2. The van der Waals surface area contributed by atoms with E-state index in [1.54, 1.807) is 10.6 Å². The third-order valence-corrected chi connectivity index (χ3v) is 5.58. The predicted molar refractivity (Wildman–Crippen MR) is 103 cm³/mol. The number of thioether (sulfide) groups is 1. The van der Waals surface area contributed by atoms with Crippen molar-refractivity contribution in [1.29, 1.82) is 0 Å². The van der Waals surface area contributed by atoms with Crippen LogP contribution >= 0.6 is 23.1 Å². The predicted octanol–water partition coefficient (Wildman–Crippen LogP) is 4.53. The maximum absolute atomic E-state index is 14.2. The van der Waals surface area contributed by atoms with Crippen LogP contribution in [0.3, 0.4) is 0 Å². The molecule has 0 spiro atoms. The van der Waals surface area contributed by atoms with Gasteiger partial charge >= 0.3 is 0 Å². The van der Waals surface area contributed by atoms with E-state index < -0.39 is 11.6 Å². The fourth-order valence-electron chi connectivity index (χ4n) is 2.48. The van der Waals surface area contributed by atoms with E-state index in [0.29, 0.717) is 15.3 Å². The fourth-order valence-corrected chi connectivity index (χ4v) is 4.35. The summed E-state index contributed by atoms with van der Waals surface area (Å²) in [4.78, 5) is 16.6. The van der Waals surface area contributed by atoms with Gasteiger partial charge in [-0.3, -0.25) is 4.79 Å². The van der Waals surface area contributed by atoms with Gasteiger partial charge in [0.15, 0.2) is 10.6 Å². The molecule has 1 aromatic heterocycles. The second kappa shape index (κ2) is 8.42. The van der Waals surface area contributed by atoms with Gasteiger partial charge in [0, 0.05) is 18.4 Å². The van der Waals surface area contributed by atoms with Crippen LogP contribution in [0.4, 0.5) is 8.78 Å². The summed E-state index contributed by atoms with van der Waals surface area (Å²) in [5.41, 5.74) is 1.37. The average molecular weight is 390 g/mol. The minimum atomic E-state index is -0.676. The summed E-state index contributed by atoms with van der Waals surface area (Å²) in [6, 6.07) is 11.9. The summed E-state index contributed by atoms with van der Waals surface area (Å²) < 4.78 is 29.6. The number of carbonyl (C=O) groups is 1. The molecule has 0 saturated heterocycles. The van der Waals surface area contributed by atoms with E-state index >= 15 is 0 Å². The molecule has 3 nitrogen and oxygen atoms in total. The van der Waals surface area contributed by atoms with Gasteiger partial charge in [-0.25, -0.2) is 8.78 Å². The molecule has 0 saturated carbocycles. The number of hydrogen-bond donors (Lipinski definition) is 0. The number of thiazole rings is 1. The molecule has 1 amide bonds. The smallest absolute Gasteiger partial charge is 0.258 e. The molecule has 26 heavy (non-hydrogen) atoms. The Morgan fingerprint density at radius 2 is 2.04 bits per heavy atom. The van der Waals surface area contributed by atoms with Crippen molar-refractivity contribution >= 4 is 39.2 Å². The van der Waals surface area contributed by atoms with Crippen molar-refractivity contribution in [3.63, 3.8) is 0 Å². The highest BCUT2D eigenvalue weighted by atomic mass is 32.2. The minimum Gasteiger partial charge on any atom is -0.310 e. The van der Waals surface area contributed by atoms with Gasteiger partial charge in [-0.15, -0.1) is 18.3 Å². The van der Waals surface area contributed by atoms with Gasteiger partial charge < -0.3 is 4.57 Å².